The summed E-state index contributed by atoms with van der Waals surface area (Å²) in [6.45, 7) is 6.10. The van der Waals surface area contributed by atoms with E-state index in [4.69, 9.17) is 24.3 Å². The molecule has 0 aromatic rings. The van der Waals surface area contributed by atoms with E-state index in [-0.39, 0.29) is 38.6 Å². The normalized spacial score (nSPS) is 15.8. The predicted molar refractivity (Wildman–Crippen MR) is 181 cm³/mol. The molecular formula is C35H68NO8P. The van der Waals surface area contributed by atoms with Crippen molar-refractivity contribution in [3.63, 3.8) is 0 Å². The Hall–Kier alpha value is -0.990. The zero-order valence-electron chi connectivity index (χ0n) is 29.1. The quantitative estimate of drug-likeness (QED) is 0.0439. The van der Waals surface area contributed by atoms with E-state index in [1.165, 1.54) is 96.3 Å². The molecule has 10 heteroatoms. The number of phosphoric acid groups is 1. The molecule has 1 aliphatic carbocycles. The van der Waals surface area contributed by atoms with Crippen LogP contribution in [-0.4, -0.2) is 49.3 Å². The van der Waals surface area contributed by atoms with E-state index in [1.807, 2.05) is 0 Å². The minimum absolute atomic E-state index is 0.0573. The molecule has 0 spiro atoms. The van der Waals surface area contributed by atoms with Gasteiger partial charge in [0.1, 0.15) is 6.61 Å². The number of ether oxygens (including phenoxy) is 2. The Morgan fingerprint density at radius 2 is 1.27 bits per heavy atom. The Kier molecular flexibility index (Phi) is 24.3. The van der Waals surface area contributed by atoms with Crippen molar-refractivity contribution >= 4 is 19.8 Å². The number of carbonyl (C=O) groups is 2. The van der Waals surface area contributed by atoms with Crippen molar-refractivity contribution in [3.8, 4) is 0 Å². The van der Waals surface area contributed by atoms with Crippen molar-refractivity contribution in [2.24, 2.45) is 17.1 Å². The Labute approximate surface area is 275 Å². The van der Waals surface area contributed by atoms with Crippen molar-refractivity contribution in [2.75, 3.05) is 26.4 Å². The van der Waals surface area contributed by atoms with Gasteiger partial charge in [-0.2, -0.15) is 0 Å². The Morgan fingerprint density at radius 1 is 0.756 bits per heavy atom. The summed E-state index contributed by atoms with van der Waals surface area (Å²) in [5.41, 5.74) is 5.74. The summed E-state index contributed by atoms with van der Waals surface area (Å²) in [5, 5.41) is 0. The van der Waals surface area contributed by atoms with Crippen LogP contribution in [0.25, 0.3) is 0 Å². The van der Waals surface area contributed by atoms with Gasteiger partial charge in [0.2, 0.25) is 0 Å². The highest BCUT2D eigenvalue weighted by Crippen LogP contribution is 2.43. The van der Waals surface area contributed by atoms with Gasteiger partial charge in [0.25, 0.3) is 0 Å². The molecule has 0 aromatic heterocycles. The number of esters is 2. The van der Waals surface area contributed by atoms with Gasteiger partial charge in [-0.1, -0.05) is 136 Å². The molecule has 45 heavy (non-hydrogen) atoms. The number of unbranched alkanes of at least 4 members (excludes halogenated alkanes) is 14. The number of hydrogen-bond donors (Lipinski definition) is 2. The first-order valence-electron chi connectivity index (χ1n) is 18.2. The SMILES string of the molecule is CC(C)(C)CCCCCCCCCCC(=O)OC[C@@H](COP(=O)(O)OCCN)OC(=O)CCCCCCCCCCC1CCC1. The van der Waals surface area contributed by atoms with Crippen LogP contribution in [0.3, 0.4) is 0 Å². The molecule has 0 heterocycles. The smallest absolute Gasteiger partial charge is 0.462 e. The van der Waals surface area contributed by atoms with Crippen LogP contribution in [0, 0.1) is 11.3 Å². The first-order valence-corrected chi connectivity index (χ1v) is 19.7. The lowest BCUT2D eigenvalue weighted by Gasteiger charge is -2.24. The van der Waals surface area contributed by atoms with Gasteiger partial charge in [-0.25, -0.2) is 4.57 Å². The Balaban J connectivity index is 2.22. The molecule has 2 atom stereocenters. The second-order valence-electron chi connectivity index (χ2n) is 14.2. The van der Waals surface area contributed by atoms with E-state index in [0.29, 0.717) is 11.8 Å². The van der Waals surface area contributed by atoms with Crippen LogP contribution >= 0.6 is 7.82 Å². The highest BCUT2D eigenvalue weighted by molar-refractivity contribution is 7.47. The van der Waals surface area contributed by atoms with E-state index in [0.717, 1.165) is 38.0 Å². The van der Waals surface area contributed by atoms with Crippen LogP contribution < -0.4 is 5.73 Å². The minimum Gasteiger partial charge on any atom is -0.462 e. The lowest BCUT2D eigenvalue weighted by atomic mass is 9.81. The molecule has 9 nitrogen and oxygen atoms in total. The highest BCUT2D eigenvalue weighted by atomic mass is 31.2. The molecule has 1 aliphatic rings. The van der Waals surface area contributed by atoms with Crippen LogP contribution in [0.15, 0.2) is 0 Å². The minimum atomic E-state index is -4.36. The van der Waals surface area contributed by atoms with Crippen LogP contribution in [0.4, 0.5) is 0 Å². The third-order valence-corrected chi connectivity index (χ3v) is 9.53. The molecule has 0 saturated heterocycles. The van der Waals surface area contributed by atoms with E-state index in [2.05, 4.69) is 20.8 Å². The van der Waals surface area contributed by atoms with Gasteiger partial charge in [0, 0.05) is 19.4 Å². The summed E-state index contributed by atoms with van der Waals surface area (Å²) < 4.78 is 32.6. The van der Waals surface area contributed by atoms with Crippen LogP contribution in [0.5, 0.6) is 0 Å². The monoisotopic (exact) mass is 661 g/mol. The van der Waals surface area contributed by atoms with Gasteiger partial charge in [0.15, 0.2) is 6.10 Å². The molecule has 0 aliphatic heterocycles. The number of nitrogens with two attached hydrogens (primary N) is 1. The van der Waals surface area contributed by atoms with Crippen molar-refractivity contribution in [1.82, 2.24) is 0 Å². The number of hydrogen-bond acceptors (Lipinski definition) is 8. The molecular weight excluding hydrogens is 593 g/mol. The third kappa shape index (κ3) is 26.7. The third-order valence-electron chi connectivity index (χ3n) is 8.55. The fourth-order valence-electron chi connectivity index (χ4n) is 5.53. The van der Waals surface area contributed by atoms with Gasteiger partial charge in [-0.15, -0.1) is 0 Å². The summed E-state index contributed by atoms with van der Waals surface area (Å²) in [7, 11) is -4.36. The average molecular weight is 662 g/mol. The molecule has 0 amide bonds. The number of rotatable bonds is 30. The fraction of sp³-hybridized carbons (Fsp3) is 0.943. The molecule has 0 aromatic carbocycles. The van der Waals surface area contributed by atoms with E-state index < -0.39 is 26.5 Å². The largest absolute Gasteiger partial charge is 0.472 e. The first kappa shape index (κ1) is 42.0. The topological polar surface area (TPSA) is 134 Å². The van der Waals surface area contributed by atoms with Crippen molar-refractivity contribution in [3.05, 3.63) is 0 Å². The molecule has 1 unspecified atom stereocenters. The Bertz CT molecular complexity index is 799. The summed E-state index contributed by atoms with van der Waals surface area (Å²) in [6, 6.07) is 0. The van der Waals surface area contributed by atoms with E-state index in [1.54, 1.807) is 0 Å². The molecule has 1 fully saturated rings. The fourth-order valence-corrected chi connectivity index (χ4v) is 6.30. The van der Waals surface area contributed by atoms with Crippen LogP contribution in [-0.2, 0) is 32.7 Å². The van der Waals surface area contributed by atoms with Gasteiger partial charge >= 0.3 is 19.8 Å². The van der Waals surface area contributed by atoms with E-state index in [9.17, 15) is 19.0 Å². The second-order valence-corrected chi connectivity index (χ2v) is 15.7. The zero-order valence-corrected chi connectivity index (χ0v) is 30.0. The molecule has 1 saturated carbocycles. The first-order chi connectivity index (χ1) is 21.5. The Morgan fingerprint density at radius 3 is 1.78 bits per heavy atom. The second kappa shape index (κ2) is 26.0. The standard InChI is InChI=1S/C35H68NO8P/c1-35(2,3)26-19-15-11-7-6-9-13-17-24-33(37)41-29-32(30-43-45(39,40)42-28-27-36)44-34(38)25-18-14-10-5-4-8-12-16-21-31-22-20-23-31/h31-32H,4-30,36H2,1-3H3,(H,39,40)/t32-/m0/s1. The number of carbonyl (C=O) groups excluding carboxylic acids is 2. The number of phosphoric ester groups is 1. The molecule has 1 rings (SSSR count). The van der Waals surface area contributed by atoms with Gasteiger partial charge in [0.05, 0.1) is 13.2 Å². The summed E-state index contributed by atoms with van der Waals surface area (Å²) >= 11 is 0. The van der Waals surface area contributed by atoms with Gasteiger partial charge in [-0.05, 0) is 30.6 Å². The van der Waals surface area contributed by atoms with Crippen molar-refractivity contribution in [2.45, 2.75) is 175 Å². The molecule has 0 radical (unpaired) electrons. The van der Waals surface area contributed by atoms with Crippen LogP contribution in [0.1, 0.15) is 168 Å². The van der Waals surface area contributed by atoms with E-state index >= 15 is 0 Å². The maximum atomic E-state index is 12.5. The van der Waals surface area contributed by atoms with Crippen molar-refractivity contribution < 1.29 is 37.6 Å². The molecule has 0 bridgehead atoms. The maximum Gasteiger partial charge on any atom is 0.472 e. The lowest BCUT2D eigenvalue weighted by Crippen LogP contribution is -2.29. The van der Waals surface area contributed by atoms with Crippen LogP contribution in [0.2, 0.25) is 0 Å². The van der Waals surface area contributed by atoms with Gasteiger partial charge in [-0.3, -0.25) is 18.6 Å². The van der Waals surface area contributed by atoms with Crippen molar-refractivity contribution in [1.29, 1.82) is 0 Å². The zero-order chi connectivity index (χ0) is 33.2. The lowest BCUT2D eigenvalue weighted by molar-refractivity contribution is -0.161. The summed E-state index contributed by atoms with van der Waals surface area (Å²) in [4.78, 5) is 34.6. The highest BCUT2D eigenvalue weighted by Gasteiger charge is 2.26. The maximum absolute atomic E-state index is 12.5. The average Bonchev–Trinajstić information content (AvgIpc) is 2.95. The molecule has 3 N–H and O–H groups in total. The summed E-state index contributed by atoms with van der Waals surface area (Å²) in [6.07, 6.45) is 24.7. The predicted octanol–water partition coefficient (Wildman–Crippen LogP) is 9.18. The van der Waals surface area contributed by atoms with Gasteiger partial charge < -0.3 is 20.1 Å². The molecule has 266 valence electrons. The summed E-state index contributed by atoms with van der Waals surface area (Å²) in [5.74, 6) is 0.182.